The lowest BCUT2D eigenvalue weighted by atomic mass is 10.1. The quantitative estimate of drug-likeness (QED) is 0.674. The zero-order chi connectivity index (χ0) is 8.97. The van der Waals surface area contributed by atoms with Crippen molar-refractivity contribution in [2.45, 2.75) is 13.8 Å². The van der Waals surface area contributed by atoms with E-state index in [1.54, 1.807) is 0 Å². The van der Waals surface area contributed by atoms with Gasteiger partial charge in [-0.25, -0.2) is 4.39 Å². The zero-order valence-electron chi connectivity index (χ0n) is 7.43. The highest BCUT2D eigenvalue weighted by atomic mass is 19.1. The Hall–Kier alpha value is -1.05. The average molecular weight is 168 g/mol. The van der Waals surface area contributed by atoms with E-state index in [0.717, 1.165) is 11.3 Å². The van der Waals surface area contributed by atoms with E-state index in [-0.39, 0.29) is 6.61 Å². The van der Waals surface area contributed by atoms with Crippen LogP contribution in [0.1, 0.15) is 11.1 Å². The molecular formula is C10H13FO. The first-order chi connectivity index (χ1) is 5.75. The normalized spacial score (nSPS) is 9.92. The second-order valence-electron chi connectivity index (χ2n) is 2.74. The Morgan fingerprint density at radius 2 is 2.08 bits per heavy atom. The van der Waals surface area contributed by atoms with E-state index in [1.165, 1.54) is 5.56 Å². The van der Waals surface area contributed by atoms with Crippen LogP contribution in [0.4, 0.5) is 4.39 Å². The molecule has 0 N–H and O–H groups in total. The first-order valence-electron chi connectivity index (χ1n) is 4.00. The molecule has 1 aromatic carbocycles. The molecule has 0 aliphatic heterocycles. The van der Waals surface area contributed by atoms with Crippen molar-refractivity contribution in [3.8, 4) is 5.75 Å². The van der Waals surface area contributed by atoms with Gasteiger partial charge in [0.2, 0.25) is 0 Å². The predicted octanol–water partition coefficient (Wildman–Crippen LogP) is 2.65. The lowest BCUT2D eigenvalue weighted by molar-refractivity contribution is 0.271. The molecule has 1 aromatic rings. The van der Waals surface area contributed by atoms with Crippen LogP contribution in [0.5, 0.6) is 5.75 Å². The van der Waals surface area contributed by atoms with Crippen LogP contribution in [0, 0.1) is 13.8 Å². The van der Waals surface area contributed by atoms with Crippen molar-refractivity contribution in [1.82, 2.24) is 0 Å². The molecule has 0 aromatic heterocycles. The van der Waals surface area contributed by atoms with Crippen molar-refractivity contribution >= 4 is 0 Å². The van der Waals surface area contributed by atoms with Gasteiger partial charge in [0.05, 0.1) is 0 Å². The van der Waals surface area contributed by atoms with Crippen molar-refractivity contribution in [1.29, 1.82) is 0 Å². The minimum absolute atomic E-state index is 0.143. The predicted molar refractivity (Wildman–Crippen MR) is 47.4 cm³/mol. The van der Waals surface area contributed by atoms with Gasteiger partial charge in [-0.15, -0.1) is 0 Å². The monoisotopic (exact) mass is 168 g/mol. The minimum atomic E-state index is -0.437. The Labute approximate surface area is 72.2 Å². The molecule has 0 aliphatic carbocycles. The molecule has 0 bridgehead atoms. The largest absolute Gasteiger partial charge is 0.491 e. The summed E-state index contributed by atoms with van der Waals surface area (Å²) in [5.74, 6) is 0.785. The standard InChI is InChI=1S/C10H13FO/c1-8-4-3-5-10(9(8)2)12-7-6-11/h3-5H,6-7H2,1-2H3. The van der Waals surface area contributed by atoms with Crippen LogP contribution in [0.15, 0.2) is 18.2 Å². The Morgan fingerprint density at radius 1 is 1.33 bits per heavy atom. The number of hydrogen-bond donors (Lipinski definition) is 0. The van der Waals surface area contributed by atoms with Gasteiger partial charge in [0.1, 0.15) is 19.0 Å². The lowest BCUT2D eigenvalue weighted by Crippen LogP contribution is -2.00. The van der Waals surface area contributed by atoms with Crippen molar-refractivity contribution in [2.24, 2.45) is 0 Å². The van der Waals surface area contributed by atoms with Gasteiger partial charge < -0.3 is 4.74 Å². The van der Waals surface area contributed by atoms with Crippen LogP contribution in [0.2, 0.25) is 0 Å². The second-order valence-corrected chi connectivity index (χ2v) is 2.74. The Morgan fingerprint density at radius 3 is 2.75 bits per heavy atom. The molecule has 0 aliphatic rings. The van der Waals surface area contributed by atoms with E-state index in [9.17, 15) is 4.39 Å². The van der Waals surface area contributed by atoms with Gasteiger partial charge in [0.15, 0.2) is 0 Å². The Kier molecular flexibility index (Phi) is 3.09. The lowest BCUT2D eigenvalue weighted by Gasteiger charge is -2.08. The summed E-state index contributed by atoms with van der Waals surface area (Å²) in [6.45, 7) is 3.69. The summed E-state index contributed by atoms with van der Waals surface area (Å²) in [7, 11) is 0. The highest BCUT2D eigenvalue weighted by molar-refractivity contribution is 5.38. The highest BCUT2D eigenvalue weighted by Gasteiger charge is 2.00. The third-order valence-electron chi connectivity index (χ3n) is 1.89. The van der Waals surface area contributed by atoms with Gasteiger partial charge in [0.25, 0.3) is 0 Å². The van der Waals surface area contributed by atoms with Crippen LogP contribution < -0.4 is 4.74 Å². The Balaban J connectivity index is 2.78. The average Bonchev–Trinajstić information content (AvgIpc) is 2.08. The fraction of sp³-hybridized carbons (Fsp3) is 0.400. The van der Waals surface area contributed by atoms with E-state index in [1.807, 2.05) is 32.0 Å². The maximum Gasteiger partial charge on any atom is 0.123 e. The Bertz CT molecular complexity index is 258. The summed E-state index contributed by atoms with van der Waals surface area (Å²) < 4.78 is 17.0. The summed E-state index contributed by atoms with van der Waals surface area (Å²) in [5.41, 5.74) is 2.26. The van der Waals surface area contributed by atoms with Gasteiger partial charge in [-0.05, 0) is 31.0 Å². The van der Waals surface area contributed by atoms with Crippen LogP contribution in [0.25, 0.3) is 0 Å². The van der Waals surface area contributed by atoms with E-state index in [2.05, 4.69) is 0 Å². The molecule has 0 saturated carbocycles. The molecule has 0 heterocycles. The minimum Gasteiger partial charge on any atom is -0.491 e. The van der Waals surface area contributed by atoms with Gasteiger partial charge >= 0.3 is 0 Å². The molecule has 0 radical (unpaired) electrons. The molecule has 1 nitrogen and oxygen atoms in total. The van der Waals surface area contributed by atoms with E-state index >= 15 is 0 Å². The number of ether oxygens (including phenoxy) is 1. The number of rotatable bonds is 3. The molecule has 0 saturated heterocycles. The molecular weight excluding hydrogens is 155 g/mol. The molecule has 0 amide bonds. The van der Waals surface area contributed by atoms with Gasteiger partial charge in [0, 0.05) is 0 Å². The molecule has 0 spiro atoms. The van der Waals surface area contributed by atoms with Gasteiger partial charge in [-0.3, -0.25) is 0 Å². The van der Waals surface area contributed by atoms with Crippen LogP contribution >= 0.6 is 0 Å². The topological polar surface area (TPSA) is 9.23 Å². The zero-order valence-corrected chi connectivity index (χ0v) is 7.43. The van der Waals surface area contributed by atoms with Gasteiger partial charge in [-0.1, -0.05) is 12.1 Å². The fourth-order valence-electron chi connectivity index (χ4n) is 1.03. The summed E-state index contributed by atoms with van der Waals surface area (Å²) in [5, 5.41) is 0. The second kappa shape index (κ2) is 4.10. The molecule has 66 valence electrons. The molecule has 2 heteroatoms. The molecule has 0 fully saturated rings. The van der Waals surface area contributed by atoms with Gasteiger partial charge in [-0.2, -0.15) is 0 Å². The fourth-order valence-corrected chi connectivity index (χ4v) is 1.03. The molecule has 0 unspecified atom stereocenters. The third kappa shape index (κ3) is 1.97. The third-order valence-corrected chi connectivity index (χ3v) is 1.89. The highest BCUT2D eigenvalue weighted by Crippen LogP contribution is 2.20. The number of alkyl halides is 1. The number of benzene rings is 1. The summed E-state index contributed by atoms with van der Waals surface area (Å²) in [4.78, 5) is 0. The first-order valence-corrected chi connectivity index (χ1v) is 4.00. The number of aryl methyl sites for hydroxylation is 1. The molecule has 0 atom stereocenters. The van der Waals surface area contributed by atoms with Crippen LogP contribution in [-0.2, 0) is 0 Å². The molecule has 1 rings (SSSR count). The SMILES string of the molecule is Cc1cccc(OCCF)c1C. The maximum atomic E-state index is 11.8. The number of halogens is 1. The van der Waals surface area contributed by atoms with Crippen LogP contribution in [0.3, 0.4) is 0 Å². The van der Waals surface area contributed by atoms with Crippen LogP contribution in [-0.4, -0.2) is 13.3 Å². The summed E-state index contributed by atoms with van der Waals surface area (Å²) in [6, 6.07) is 5.78. The summed E-state index contributed by atoms with van der Waals surface area (Å²) >= 11 is 0. The van der Waals surface area contributed by atoms with E-state index < -0.39 is 6.67 Å². The summed E-state index contributed by atoms with van der Waals surface area (Å²) in [6.07, 6.45) is 0. The van der Waals surface area contributed by atoms with E-state index in [4.69, 9.17) is 4.74 Å². The molecule has 12 heavy (non-hydrogen) atoms. The first kappa shape index (κ1) is 9.04. The number of hydrogen-bond acceptors (Lipinski definition) is 1. The van der Waals surface area contributed by atoms with Crippen molar-refractivity contribution in [3.63, 3.8) is 0 Å². The van der Waals surface area contributed by atoms with Crippen molar-refractivity contribution in [2.75, 3.05) is 13.3 Å². The van der Waals surface area contributed by atoms with Crippen molar-refractivity contribution < 1.29 is 9.13 Å². The van der Waals surface area contributed by atoms with E-state index in [0.29, 0.717) is 0 Å². The maximum absolute atomic E-state index is 11.8. The smallest absolute Gasteiger partial charge is 0.123 e. The van der Waals surface area contributed by atoms with Crippen molar-refractivity contribution in [3.05, 3.63) is 29.3 Å².